The van der Waals surface area contributed by atoms with Gasteiger partial charge in [-0.15, -0.1) is 0 Å². The smallest absolute Gasteiger partial charge is 0.175 e. The van der Waals surface area contributed by atoms with Gasteiger partial charge in [-0.3, -0.25) is 0 Å². The van der Waals surface area contributed by atoms with Gasteiger partial charge in [0.15, 0.2) is 6.30 Å². The normalized spacial score (nSPS) is 27.3. The van der Waals surface area contributed by atoms with Gasteiger partial charge in [0.2, 0.25) is 0 Å². The third kappa shape index (κ3) is 2.29. The molecule has 0 unspecified atom stereocenters. The summed E-state index contributed by atoms with van der Waals surface area (Å²) >= 11 is 0. The molecule has 2 aliphatic heterocycles. The van der Waals surface area contributed by atoms with E-state index in [1.807, 2.05) is 14.0 Å². The van der Waals surface area contributed by atoms with Crippen molar-refractivity contribution in [1.29, 1.82) is 0 Å². The zero-order valence-electron chi connectivity index (χ0n) is 11.7. The fourth-order valence-corrected chi connectivity index (χ4v) is 3.16. The molecule has 3 nitrogen and oxygen atoms in total. The highest BCUT2D eigenvalue weighted by atomic mass is 19.1. The monoisotopic (exact) mass is 263 g/mol. The largest absolute Gasteiger partial charge is 0.369 e. The molecular weight excluding hydrogens is 241 g/mol. The Balaban J connectivity index is 1.89. The molecule has 3 rings (SSSR count). The summed E-state index contributed by atoms with van der Waals surface area (Å²) in [4.78, 5) is 4.17. The lowest BCUT2D eigenvalue weighted by molar-refractivity contribution is 0.228. The maximum absolute atomic E-state index is 14.0. The number of alkyl halides is 1. The van der Waals surface area contributed by atoms with Crippen LogP contribution in [0.25, 0.3) is 0 Å². The van der Waals surface area contributed by atoms with Crippen molar-refractivity contribution in [3.63, 3.8) is 0 Å². The first kappa shape index (κ1) is 12.7. The Hall–Kier alpha value is -1.29. The minimum atomic E-state index is -0.863. The van der Waals surface area contributed by atoms with E-state index in [0.717, 1.165) is 38.3 Å². The van der Waals surface area contributed by atoms with Crippen molar-refractivity contribution < 1.29 is 4.39 Å². The van der Waals surface area contributed by atoms with Gasteiger partial charge in [-0.05, 0) is 30.2 Å². The van der Waals surface area contributed by atoms with E-state index in [1.165, 1.54) is 11.3 Å². The molecule has 2 atom stereocenters. The molecule has 0 spiro atoms. The lowest BCUT2D eigenvalue weighted by Gasteiger charge is -2.37. The first-order valence-corrected chi connectivity index (χ1v) is 7.12. The molecule has 0 aromatic heterocycles. The Labute approximate surface area is 114 Å². The molecule has 1 saturated heterocycles. The van der Waals surface area contributed by atoms with Crippen molar-refractivity contribution in [2.45, 2.75) is 19.6 Å². The summed E-state index contributed by atoms with van der Waals surface area (Å²) in [5.74, 6) is 0.0655. The molecule has 1 aromatic rings. The van der Waals surface area contributed by atoms with Gasteiger partial charge in [-0.2, -0.15) is 0 Å². The van der Waals surface area contributed by atoms with E-state index in [1.54, 1.807) is 4.90 Å². The van der Waals surface area contributed by atoms with Gasteiger partial charge in [0.25, 0.3) is 0 Å². The average molecular weight is 263 g/mol. The molecule has 2 heterocycles. The maximum Gasteiger partial charge on any atom is 0.175 e. The molecule has 0 bridgehead atoms. The fourth-order valence-electron chi connectivity index (χ4n) is 3.16. The number of anilines is 2. The minimum Gasteiger partial charge on any atom is -0.369 e. The van der Waals surface area contributed by atoms with Crippen LogP contribution in [0.2, 0.25) is 0 Å². The van der Waals surface area contributed by atoms with Crippen LogP contribution in [0.4, 0.5) is 15.8 Å². The summed E-state index contributed by atoms with van der Waals surface area (Å²) < 4.78 is 14.0. The Morgan fingerprint density at radius 1 is 1.26 bits per heavy atom. The number of nitrogens with one attached hydrogen (secondary N) is 1. The highest BCUT2D eigenvalue weighted by Crippen LogP contribution is 2.35. The van der Waals surface area contributed by atoms with Gasteiger partial charge in [-0.1, -0.05) is 6.92 Å². The zero-order valence-corrected chi connectivity index (χ0v) is 11.7. The minimum absolute atomic E-state index is 0.0655. The predicted molar refractivity (Wildman–Crippen MR) is 77.7 cm³/mol. The molecule has 0 radical (unpaired) electrons. The number of hydrogen-bond acceptors (Lipinski definition) is 3. The Kier molecular flexibility index (Phi) is 3.35. The van der Waals surface area contributed by atoms with Gasteiger partial charge in [0.1, 0.15) is 0 Å². The average Bonchev–Trinajstić information content (AvgIpc) is 2.45. The van der Waals surface area contributed by atoms with Crippen molar-refractivity contribution in [3.8, 4) is 0 Å². The van der Waals surface area contributed by atoms with Crippen LogP contribution in [0.15, 0.2) is 18.2 Å². The third-order valence-corrected chi connectivity index (χ3v) is 4.31. The van der Waals surface area contributed by atoms with E-state index in [9.17, 15) is 4.39 Å². The molecule has 19 heavy (non-hydrogen) atoms. The van der Waals surface area contributed by atoms with Crippen LogP contribution < -0.4 is 15.1 Å². The molecule has 0 amide bonds. The standard InChI is InChI=1S/C15H22FN3/c1-11-9-12-10-13(19-7-5-17-6-8-19)3-4-14(12)18(2)15(11)16/h3-4,10-11,15,17H,5-9H2,1-2H3/t11-,15-/m1/s1. The number of hydrogen-bond donors (Lipinski definition) is 1. The van der Waals surface area contributed by atoms with Crippen LogP contribution in [-0.4, -0.2) is 39.5 Å². The molecule has 1 fully saturated rings. The van der Waals surface area contributed by atoms with Crippen molar-refractivity contribution in [1.82, 2.24) is 5.32 Å². The first-order valence-electron chi connectivity index (χ1n) is 7.12. The van der Waals surface area contributed by atoms with Crippen LogP contribution in [0.3, 0.4) is 0 Å². The number of halogens is 1. The zero-order chi connectivity index (χ0) is 13.4. The van der Waals surface area contributed by atoms with E-state index in [4.69, 9.17) is 0 Å². The van der Waals surface area contributed by atoms with Gasteiger partial charge in [0.05, 0.1) is 0 Å². The maximum atomic E-state index is 14.0. The second-order valence-corrected chi connectivity index (χ2v) is 5.72. The summed E-state index contributed by atoms with van der Waals surface area (Å²) in [5, 5.41) is 3.37. The van der Waals surface area contributed by atoms with Crippen LogP contribution in [0, 0.1) is 5.92 Å². The van der Waals surface area contributed by atoms with Gasteiger partial charge < -0.3 is 15.1 Å². The van der Waals surface area contributed by atoms with Gasteiger partial charge >= 0.3 is 0 Å². The van der Waals surface area contributed by atoms with E-state index in [0.29, 0.717) is 0 Å². The lowest BCUT2D eigenvalue weighted by atomic mass is 9.92. The topological polar surface area (TPSA) is 18.5 Å². The highest BCUT2D eigenvalue weighted by molar-refractivity contribution is 5.63. The van der Waals surface area contributed by atoms with Crippen LogP contribution in [0.5, 0.6) is 0 Å². The first-order chi connectivity index (χ1) is 9.16. The molecule has 4 heteroatoms. The molecule has 1 N–H and O–H groups in total. The SMILES string of the molecule is C[C@@H]1Cc2cc(N3CCNCC3)ccc2N(C)[C@H]1F. The quantitative estimate of drug-likeness (QED) is 0.782. The lowest BCUT2D eigenvalue weighted by Crippen LogP contribution is -2.43. The number of benzene rings is 1. The molecule has 2 aliphatic rings. The van der Waals surface area contributed by atoms with E-state index in [-0.39, 0.29) is 5.92 Å². The summed E-state index contributed by atoms with van der Waals surface area (Å²) in [6, 6.07) is 6.45. The molecule has 104 valence electrons. The van der Waals surface area contributed by atoms with E-state index >= 15 is 0 Å². The third-order valence-electron chi connectivity index (χ3n) is 4.31. The predicted octanol–water partition coefficient (Wildman–Crippen LogP) is 2.02. The molecule has 0 saturated carbocycles. The second-order valence-electron chi connectivity index (χ2n) is 5.72. The number of piperazine rings is 1. The van der Waals surface area contributed by atoms with Crippen LogP contribution in [-0.2, 0) is 6.42 Å². The van der Waals surface area contributed by atoms with Gasteiger partial charge in [-0.25, -0.2) is 4.39 Å². The number of nitrogens with zero attached hydrogens (tertiary/aromatic N) is 2. The number of rotatable bonds is 1. The summed E-state index contributed by atoms with van der Waals surface area (Å²) in [7, 11) is 1.85. The van der Waals surface area contributed by atoms with Crippen molar-refractivity contribution in [3.05, 3.63) is 23.8 Å². The fraction of sp³-hybridized carbons (Fsp3) is 0.600. The number of fused-ring (bicyclic) bond motifs is 1. The van der Waals surface area contributed by atoms with Crippen molar-refractivity contribution >= 4 is 11.4 Å². The highest BCUT2D eigenvalue weighted by Gasteiger charge is 2.29. The Bertz CT molecular complexity index is 457. The summed E-state index contributed by atoms with van der Waals surface area (Å²) in [6.45, 7) is 6.17. The Morgan fingerprint density at radius 3 is 2.74 bits per heavy atom. The van der Waals surface area contributed by atoms with Crippen LogP contribution >= 0.6 is 0 Å². The van der Waals surface area contributed by atoms with Crippen molar-refractivity contribution in [2.75, 3.05) is 43.0 Å². The van der Waals surface area contributed by atoms with E-state index in [2.05, 4.69) is 28.4 Å². The van der Waals surface area contributed by atoms with E-state index < -0.39 is 6.30 Å². The Morgan fingerprint density at radius 2 is 2.00 bits per heavy atom. The molecule has 0 aliphatic carbocycles. The van der Waals surface area contributed by atoms with Crippen LogP contribution in [0.1, 0.15) is 12.5 Å². The van der Waals surface area contributed by atoms with Gasteiger partial charge in [0, 0.05) is 50.5 Å². The molecular formula is C15H22FN3. The summed E-state index contributed by atoms with van der Waals surface area (Å²) in [6.07, 6.45) is -0.0293. The summed E-state index contributed by atoms with van der Waals surface area (Å²) in [5.41, 5.74) is 3.60. The second kappa shape index (κ2) is 5.00. The van der Waals surface area contributed by atoms with Crippen molar-refractivity contribution in [2.24, 2.45) is 5.92 Å². The molecule has 1 aromatic carbocycles.